The quantitative estimate of drug-likeness (QED) is 0.723. The van der Waals surface area contributed by atoms with Crippen molar-refractivity contribution >= 4 is 23.2 Å². The van der Waals surface area contributed by atoms with Crippen LogP contribution in [0.4, 0.5) is 5.69 Å². The summed E-state index contributed by atoms with van der Waals surface area (Å²) in [4.78, 5) is 18.5. The minimum Gasteiger partial charge on any atom is -0.399 e. The summed E-state index contributed by atoms with van der Waals surface area (Å²) in [5.41, 5.74) is 7.34. The van der Waals surface area contributed by atoms with E-state index < -0.39 is 0 Å². The maximum atomic E-state index is 11.8. The molecule has 4 N–H and O–H groups in total. The van der Waals surface area contributed by atoms with E-state index in [0.717, 1.165) is 5.69 Å². The first kappa shape index (κ1) is 11.5. The van der Waals surface area contributed by atoms with Crippen molar-refractivity contribution in [2.45, 2.75) is 6.54 Å². The number of aromatic nitrogens is 2. The summed E-state index contributed by atoms with van der Waals surface area (Å²) in [5.74, 6) is -0.228. The van der Waals surface area contributed by atoms with Gasteiger partial charge >= 0.3 is 0 Å². The summed E-state index contributed by atoms with van der Waals surface area (Å²) in [6, 6.07) is 4.74. The number of benzene rings is 1. The predicted molar refractivity (Wildman–Crippen MR) is 65.6 cm³/mol. The molecule has 0 radical (unpaired) electrons. The largest absolute Gasteiger partial charge is 0.399 e. The lowest BCUT2D eigenvalue weighted by Gasteiger charge is -2.05. The van der Waals surface area contributed by atoms with Gasteiger partial charge in [-0.2, -0.15) is 0 Å². The van der Waals surface area contributed by atoms with Crippen molar-refractivity contribution in [1.82, 2.24) is 15.3 Å². The Labute approximate surface area is 103 Å². The zero-order chi connectivity index (χ0) is 12.3. The molecule has 0 unspecified atom stereocenters. The third-order valence-corrected chi connectivity index (χ3v) is 2.39. The molecule has 0 aliphatic carbocycles. The molecule has 0 fully saturated rings. The molecule has 17 heavy (non-hydrogen) atoms. The Bertz CT molecular complexity index is 504. The Hall–Kier alpha value is -2.01. The van der Waals surface area contributed by atoms with Crippen molar-refractivity contribution in [1.29, 1.82) is 0 Å². The maximum absolute atomic E-state index is 11.8. The number of aromatic amines is 1. The van der Waals surface area contributed by atoms with E-state index in [4.69, 9.17) is 17.3 Å². The second-order valence-corrected chi connectivity index (χ2v) is 3.97. The van der Waals surface area contributed by atoms with Gasteiger partial charge in [-0.05, 0) is 18.2 Å². The number of halogens is 1. The molecule has 5 nitrogen and oxygen atoms in total. The number of nitrogens with one attached hydrogen (secondary N) is 2. The maximum Gasteiger partial charge on any atom is 0.251 e. The van der Waals surface area contributed by atoms with Crippen molar-refractivity contribution in [3.63, 3.8) is 0 Å². The van der Waals surface area contributed by atoms with Crippen LogP contribution in [-0.2, 0) is 6.54 Å². The van der Waals surface area contributed by atoms with E-state index >= 15 is 0 Å². The number of hydrogen-bond donors (Lipinski definition) is 3. The first-order valence-electron chi connectivity index (χ1n) is 4.96. The van der Waals surface area contributed by atoms with Crippen LogP contribution < -0.4 is 11.1 Å². The molecular weight excluding hydrogens is 240 g/mol. The molecule has 6 heteroatoms. The topological polar surface area (TPSA) is 83.8 Å². The average Bonchev–Trinajstić information content (AvgIpc) is 2.77. The fourth-order valence-electron chi connectivity index (χ4n) is 1.40. The third kappa shape index (κ3) is 2.98. The number of rotatable bonds is 3. The predicted octanol–water partition coefficient (Wildman–Crippen LogP) is 1.58. The highest BCUT2D eigenvalue weighted by Crippen LogP contribution is 2.16. The summed E-state index contributed by atoms with van der Waals surface area (Å²) >= 11 is 5.82. The second kappa shape index (κ2) is 4.88. The van der Waals surface area contributed by atoms with Crippen LogP contribution in [0.2, 0.25) is 5.02 Å². The molecule has 1 aromatic heterocycles. The highest BCUT2D eigenvalue weighted by Gasteiger charge is 2.07. The molecular formula is C11H11ClN4O. The van der Waals surface area contributed by atoms with Crippen LogP contribution in [0.15, 0.2) is 30.7 Å². The highest BCUT2D eigenvalue weighted by atomic mass is 35.5. The molecule has 0 atom stereocenters. The minimum atomic E-state index is -0.228. The van der Waals surface area contributed by atoms with Crippen LogP contribution in [0.3, 0.4) is 0 Å². The smallest absolute Gasteiger partial charge is 0.251 e. The molecule has 0 spiro atoms. The molecule has 0 saturated heterocycles. The summed E-state index contributed by atoms with van der Waals surface area (Å²) in [6.45, 7) is 0.380. The SMILES string of the molecule is Nc1cc(Cl)cc(C(=O)NCc2cnc[nH]2)c1. The van der Waals surface area contributed by atoms with Gasteiger partial charge in [0.05, 0.1) is 18.6 Å². The van der Waals surface area contributed by atoms with E-state index in [0.29, 0.717) is 22.8 Å². The van der Waals surface area contributed by atoms with Crippen molar-refractivity contribution in [2.24, 2.45) is 0 Å². The lowest BCUT2D eigenvalue weighted by molar-refractivity contribution is 0.0950. The number of nitrogens with two attached hydrogens (primary N) is 1. The van der Waals surface area contributed by atoms with E-state index in [1.165, 1.54) is 0 Å². The van der Waals surface area contributed by atoms with Crippen molar-refractivity contribution < 1.29 is 4.79 Å². The van der Waals surface area contributed by atoms with Gasteiger partial charge in [0.1, 0.15) is 0 Å². The van der Waals surface area contributed by atoms with Gasteiger partial charge in [-0.1, -0.05) is 11.6 Å². The molecule has 0 bridgehead atoms. The Kier molecular flexibility index (Phi) is 3.30. The molecule has 0 aliphatic heterocycles. The van der Waals surface area contributed by atoms with Crippen molar-refractivity contribution in [3.8, 4) is 0 Å². The third-order valence-electron chi connectivity index (χ3n) is 2.18. The number of anilines is 1. The van der Waals surface area contributed by atoms with Gasteiger partial charge in [0.25, 0.3) is 5.91 Å². The number of hydrogen-bond acceptors (Lipinski definition) is 3. The van der Waals surface area contributed by atoms with Crippen LogP contribution in [0.5, 0.6) is 0 Å². The number of amides is 1. The number of carbonyl (C=O) groups excluding carboxylic acids is 1. The number of carbonyl (C=O) groups is 1. The number of nitrogen functional groups attached to an aromatic ring is 1. The number of H-pyrrole nitrogens is 1. The van der Waals surface area contributed by atoms with Gasteiger partial charge in [-0.15, -0.1) is 0 Å². The van der Waals surface area contributed by atoms with Gasteiger partial charge in [0, 0.05) is 22.5 Å². The van der Waals surface area contributed by atoms with Crippen LogP contribution in [0.1, 0.15) is 16.1 Å². The first-order valence-corrected chi connectivity index (χ1v) is 5.34. The zero-order valence-electron chi connectivity index (χ0n) is 8.90. The highest BCUT2D eigenvalue weighted by molar-refractivity contribution is 6.31. The zero-order valence-corrected chi connectivity index (χ0v) is 9.66. The Balaban J connectivity index is 2.04. The summed E-state index contributed by atoms with van der Waals surface area (Å²) in [5, 5.41) is 3.17. The fraction of sp³-hybridized carbons (Fsp3) is 0.0909. The van der Waals surface area contributed by atoms with E-state index in [1.54, 1.807) is 30.7 Å². The van der Waals surface area contributed by atoms with E-state index in [9.17, 15) is 4.79 Å². The Morgan fingerprint density at radius 2 is 2.29 bits per heavy atom. The average molecular weight is 251 g/mol. The molecule has 1 heterocycles. The van der Waals surface area contributed by atoms with Crippen molar-refractivity contribution in [3.05, 3.63) is 47.0 Å². The lowest BCUT2D eigenvalue weighted by atomic mass is 10.2. The number of nitrogens with zero attached hydrogens (tertiary/aromatic N) is 1. The van der Waals surface area contributed by atoms with Gasteiger partial charge in [0.2, 0.25) is 0 Å². The first-order chi connectivity index (χ1) is 8.15. The molecule has 0 saturated carbocycles. The second-order valence-electron chi connectivity index (χ2n) is 3.53. The Morgan fingerprint density at radius 3 is 2.94 bits per heavy atom. The fourth-order valence-corrected chi connectivity index (χ4v) is 1.65. The van der Waals surface area contributed by atoms with E-state index in [1.807, 2.05) is 0 Å². The molecule has 2 aromatic rings. The molecule has 88 valence electrons. The normalized spacial score (nSPS) is 10.2. The molecule has 1 aromatic carbocycles. The van der Waals surface area contributed by atoms with Crippen LogP contribution >= 0.6 is 11.6 Å². The van der Waals surface area contributed by atoms with Gasteiger partial charge < -0.3 is 16.0 Å². The Morgan fingerprint density at radius 1 is 1.47 bits per heavy atom. The van der Waals surface area contributed by atoms with Crippen molar-refractivity contribution in [2.75, 3.05) is 5.73 Å². The molecule has 2 rings (SSSR count). The molecule has 0 aliphatic rings. The van der Waals surface area contributed by atoms with E-state index in [2.05, 4.69) is 15.3 Å². The van der Waals surface area contributed by atoms with Gasteiger partial charge in [-0.25, -0.2) is 4.98 Å². The minimum absolute atomic E-state index is 0.228. The summed E-state index contributed by atoms with van der Waals surface area (Å²) < 4.78 is 0. The monoisotopic (exact) mass is 250 g/mol. The van der Waals surface area contributed by atoms with Gasteiger partial charge in [-0.3, -0.25) is 4.79 Å². The summed E-state index contributed by atoms with van der Waals surface area (Å²) in [6.07, 6.45) is 3.20. The number of imidazole rings is 1. The molecule has 1 amide bonds. The van der Waals surface area contributed by atoms with Crippen LogP contribution in [-0.4, -0.2) is 15.9 Å². The van der Waals surface area contributed by atoms with E-state index in [-0.39, 0.29) is 5.91 Å². The summed E-state index contributed by atoms with van der Waals surface area (Å²) in [7, 11) is 0. The standard InChI is InChI=1S/C11H11ClN4O/c12-8-1-7(2-9(13)3-8)11(17)15-5-10-4-14-6-16-10/h1-4,6H,5,13H2,(H,14,16)(H,15,17). The van der Waals surface area contributed by atoms with Crippen LogP contribution in [0.25, 0.3) is 0 Å². The van der Waals surface area contributed by atoms with Crippen LogP contribution in [0, 0.1) is 0 Å². The van der Waals surface area contributed by atoms with Gasteiger partial charge in [0.15, 0.2) is 0 Å². The lowest BCUT2D eigenvalue weighted by Crippen LogP contribution is -2.23.